The number of ether oxygens (including phenoxy) is 1. The van der Waals surface area contributed by atoms with Crippen molar-refractivity contribution in [3.05, 3.63) is 96.2 Å². The van der Waals surface area contributed by atoms with E-state index in [4.69, 9.17) is 15.6 Å². The van der Waals surface area contributed by atoms with Gasteiger partial charge in [-0.25, -0.2) is 4.79 Å². The van der Waals surface area contributed by atoms with Crippen LogP contribution in [0.25, 0.3) is 11.3 Å². The van der Waals surface area contributed by atoms with Crippen molar-refractivity contribution < 1.29 is 14.3 Å². The molecule has 0 saturated heterocycles. The van der Waals surface area contributed by atoms with Gasteiger partial charge in [0.05, 0.1) is 19.2 Å². The summed E-state index contributed by atoms with van der Waals surface area (Å²) < 4.78 is 7.08. The average Bonchev–Trinajstić information content (AvgIpc) is 3.23. The van der Waals surface area contributed by atoms with Crippen LogP contribution in [0.1, 0.15) is 15.9 Å². The lowest BCUT2D eigenvalue weighted by atomic mass is 10.1. The van der Waals surface area contributed by atoms with E-state index < -0.39 is 6.03 Å². The van der Waals surface area contributed by atoms with Crippen LogP contribution >= 0.6 is 0 Å². The predicted molar refractivity (Wildman–Crippen MR) is 127 cm³/mol. The van der Waals surface area contributed by atoms with Crippen LogP contribution in [0.3, 0.4) is 0 Å². The van der Waals surface area contributed by atoms with E-state index in [1.54, 1.807) is 42.3 Å². The van der Waals surface area contributed by atoms with Gasteiger partial charge >= 0.3 is 6.03 Å². The highest BCUT2D eigenvalue weighted by molar-refractivity contribution is 6.08. The van der Waals surface area contributed by atoms with Gasteiger partial charge < -0.3 is 21.1 Å². The minimum atomic E-state index is -0.680. The molecule has 3 aromatic carbocycles. The number of benzene rings is 3. The SMILES string of the molecule is COc1cccc(-c2nn(Cc3ccccc3)cc2C(=O)Nc2cccc(NC(N)=O)c2)c1. The molecule has 0 aliphatic carbocycles. The third kappa shape index (κ3) is 5.37. The zero-order valence-corrected chi connectivity index (χ0v) is 18.0. The van der Waals surface area contributed by atoms with Crippen LogP contribution in [0.15, 0.2) is 85.1 Å². The van der Waals surface area contributed by atoms with Crippen LogP contribution in [-0.2, 0) is 6.54 Å². The fourth-order valence-corrected chi connectivity index (χ4v) is 3.44. The molecule has 4 rings (SSSR count). The Bertz CT molecular complexity index is 1280. The normalized spacial score (nSPS) is 10.5. The summed E-state index contributed by atoms with van der Waals surface area (Å²) in [6.45, 7) is 0.517. The minimum absolute atomic E-state index is 0.330. The quantitative estimate of drug-likeness (QED) is 0.396. The van der Waals surface area contributed by atoms with E-state index in [2.05, 4.69) is 10.6 Å². The molecule has 3 amide bonds. The van der Waals surface area contributed by atoms with Gasteiger partial charge in [0.15, 0.2) is 0 Å². The molecule has 8 heteroatoms. The van der Waals surface area contributed by atoms with Crippen molar-refractivity contribution in [2.24, 2.45) is 5.73 Å². The second-order valence-corrected chi connectivity index (χ2v) is 7.33. The number of hydrogen-bond acceptors (Lipinski definition) is 4. The Morgan fingerprint density at radius 1 is 0.939 bits per heavy atom. The molecule has 4 N–H and O–H groups in total. The second kappa shape index (κ2) is 9.69. The molecule has 8 nitrogen and oxygen atoms in total. The largest absolute Gasteiger partial charge is 0.497 e. The maximum Gasteiger partial charge on any atom is 0.316 e. The molecule has 0 fully saturated rings. The Balaban J connectivity index is 1.67. The molecule has 0 unspecified atom stereocenters. The van der Waals surface area contributed by atoms with E-state index in [0.717, 1.165) is 11.1 Å². The fourth-order valence-electron chi connectivity index (χ4n) is 3.44. The molecule has 1 aromatic heterocycles. The van der Waals surface area contributed by atoms with Crippen LogP contribution in [0, 0.1) is 0 Å². The topological polar surface area (TPSA) is 111 Å². The summed E-state index contributed by atoms with van der Waals surface area (Å²) >= 11 is 0. The third-order valence-electron chi connectivity index (χ3n) is 4.92. The summed E-state index contributed by atoms with van der Waals surface area (Å²) in [6, 6.07) is 23.4. The Morgan fingerprint density at radius 3 is 2.39 bits per heavy atom. The fraction of sp³-hybridized carbons (Fsp3) is 0.0800. The number of methoxy groups -OCH3 is 1. The Labute approximate surface area is 191 Å². The molecule has 0 atom stereocenters. The van der Waals surface area contributed by atoms with Crippen LogP contribution in [0.4, 0.5) is 16.2 Å². The number of hydrogen-bond donors (Lipinski definition) is 3. The monoisotopic (exact) mass is 441 g/mol. The number of carbonyl (C=O) groups is 2. The molecule has 0 aliphatic heterocycles. The Hall–Kier alpha value is -4.59. The molecular weight excluding hydrogens is 418 g/mol. The van der Waals surface area contributed by atoms with E-state index in [-0.39, 0.29) is 5.91 Å². The number of urea groups is 1. The predicted octanol–water partition coefficient (Wildman–Crippen LogP) is 4.35. The molecular formula is C25H23N5O3. The number of rotatable bonds is 7. The third-order valence-corrected chi connectivity index (χ3v) is 4.92. The van der Waals surface area contributed by atoms with Crippen molar-refractivity contribution in [2.75, 3.05) is 17.7 Å². The molecule has 0 spiro atoms. The van der Waals surface area contributed by atoms with Gasteiger partial charge in [-0.05, 0) is 35.9 Å². The molecule has 166 valence electrons. The van der Waals surface area contributed by atoms with Gasteiger partial charge in [0.2, 0.25) is 0 Å². The molecule has 33 heavy (non-hydrogen) atoms. The van der Waals surface area contributed by atoms with Gasteiger partial charge in [-0.3, -0.25) is 9.48 Å². The van der Waals surface area contributed by atoms with Crippen molar-refractivity contribution >= 4 is 23.3 Å². The van der Waals surface area contributed by atoms with E-state index in [9.17, 15) is 9.59 Å². The van der Waals surface area contributed by atoms with Crippen LogP contribution in [0.5, 0.6) is 5.75 Å². The zero-order chi connectivity index (χ0) is 23.2. The number of nitrogens with one attached hydrogen (secondary N) is 2. The number of aromatic nitrogens is 2. The summed E-state index contributed by atoms with van der Waals surface area (Å²) in [4.78, 5) is 24.4. The first kappa shape index (κ1) is 21.6. The van der Waals surface area contributed by atoms with E-state index in [1.165, 1.54) is 0 Å². The first-order chi connectivity index (χ1) is 16.0. The van der Waals surface area contributed by atoms with E-state index >= 15 is 0 Å². The van der Waals surface area contributed by atoms with Gasteiger partial charge in [0, 0.05) is 23.1 Å². The number of nitrogens with zero attached hydrogens (tertiary/aromatic N) is 2. The van der Waals surface area contributed by atoms with Crippen LogP contribution in [0.2, 0.25) is 0 Å². The van der Waals surface area contributed by atoms with Crippen LogP contribution in [-0.4, -0.2) is 28.8 Å². The maximum absolute atomic E-state index is 13.3. The van der Waals surface area contributed by atoms with Crippen molar-refractivity contribution in [3.63, 3.8) is 0 Å². The lowest BCUT2D eigenvalue weighted by Gasteiger charge is -2.08. The van der Waals surface area contributed by atoms with Gasteiger partial charge in [0.25, 0.3) is 5.91 Å². The maximum atomic E-state index is 13.3. The Morgan fingerprint density at radius 2 is 1.67 bits per heavy atom. The van der Waals surface area contributed by atoms with Crippen molar-refractivity contribution in [1.29, 1.82) is 0 Å². The molecule has 0 aliphatic rings. The lowest BCUT2D eigenvalue weighted by molar-refractivity contribution is 0.102. The molecule has 0 saturated carbocycles. The molecule has 0 radical (unpaired) electrons. The summed E-state index contributed by atoms with van der Waals surface area (Å²) in [5.74, 6) is 0.338. The van der Waals surface area contributed by atoms with Crippen LogP contribution < -0.4 is 21.1 Å². The zero-order valence-electron chi connectivity index (χ0n) is 18.0. The number of amides is 3. The Kier molecular flexibility index (Phi) is 6.36. The average molecular weight is 441 g/mol. The van der Waals surface area contributed by atoms with Crippen molar-refractivity contribution in [2.45, 2.75) is 6.54 Å². The first-order valence-electron chi connectivity index (χ1n) is 10.3. The minimum Gasteiger partial charge on any atom is -0.497 e. The highest BCUT2D eigenvalue weighted by atomic mass is 16.5. The highest BCUT2D eigenvalue weighted by Crippen LogP contribution is 2.27. The van der Waals surface area contributed by atoms with Crippen molar-refractivity contribution in [3.8, 4) is 17.0 Å². The number of carbonyl (C=O) groups excluding carboxylic acids is 2. The first-order valence-corrected chi connectivity index (χ1v) is 10.3. The van der Waals surface area contributed by atoms with Gasteiger partial charge in [-0.2, -0.15) is 5.10 Å². The summed E-state index contributed by atoms with van der Waals surface area (Å²) in [7, 11) is 1.59. The lowest BCUT2D eigenvalue weighted by Crippen LogP contribution is -2.19. The van der Waals surface area contributed by atoms with Gasteiger partial charge in [-0.1, -0.05) is 48.5 Å². The van der Waals surface area contributed by atoms with E-state index in [1.807, 2.05) is 54.6 Å². The number of anilines is 2. The van der Waals surface area contributed by atoms with Crippen molar-refractivity contribution in [1.82, 2.24) is 9.78 Å². The highest BCUT2D eigenvalue weighted by Gasteiger charge is 2.19. The van der Waals surface area contributed by atoms with E-state index in [0.29, 0.717) is 34.9 Å². The summed E-state index contributed by atoms with van der Waals surface area (Å²) in [6.07, 6.45) is 1.72. The summed E-state index contributed by atoms with van der Waals surface area (Å²) in [5, 5.41) is 10.1. The number of primary amides is 1. The summed E-state index contributed by atoms with van der Waals surface area (Å²) in [5.41, 5.74) is 8.94. The van der Waals surface area contributed by atoms with Gasteiger partial charge in [0.1, 0.15) is 11.4 Å². The molecule has 4 aromatic rings. The number of nitrogens with two attached hydrogens (primary N) is 1. The van der Waals surface area contributed by atoms with Gasteiger partial charge in [-0.15, -0.1) is 0 Å². The molecule has 0 bridgehead atoms. The molecule has 1 heterocycles. The standard InChI is InChI=1S/C25H23N5O3/c1-33-21-12-5-9-18(13-21)23-22(16-30(29-23)15-17-7-3-2-4-8-17)24(31)27-19-10-6-11-20(14-19)28-25(26)32/h2-14,16H,15H2,1H3,(H,27,31)(H3,26,28,32). The smallest absolute Gasteiger partial charge is 0.316 e. The second-order valence-electron chi connectivity index (χ2n) is 7.33.